The molecule has 1 aromatic carbocycles. The molecule has 5 heteroatoms. The van der Waals surface area contributed by atoms with E-state index in [1.54, 1.807) is 24.5 Å². The molecule has 0 radical (unpaired) electrons. The van der Waals surface area contributed by atoms with Crippen LogP contribution in [0.25, 0.3) is 0 Å². The Labute approximate surface area is 117 Å². The lowest BCUT2D eigenvalue weighted by atomic mass is 10.1. The van der Waals surface area contributed by atoms with Gasteiger partial charge in [0.25, 0.3) is 0 Å². The topological polar surface area (TPSA) is 60.5 Å². The normalized spacial score (nSPS) is 9.90. The number of ether oxygens (including phenoxy) is 2. The van der Waals surface area contributed by atoms with Gasteiger partial charge in [-0.15, -0.1) is 0 Å². The van der Waals surface area contributed by atoms with Crippen LogP contribution in [0, 0.1) is 0 Å². The highest BCUT2D eigenvalue weighted by molar-refractivity contribution is 5.93. The summed E-state index contributed by atoms with van der Waals surface area (Å²) < 4.78 is 9.89. The fraction of sp³-hybridized carbons (Fsp3) is 0.200. The Morgan fingerprint density at radius 2 is 2.15 bits per heavy atom. The molecule has 0 saturated heterocycles. The molecule has 0 aliphatic rings. The summed E-state index contributed by atoms with van der Waals surface area (Å²) in [5.74, 6) is 0.0654. The predicted octanol–water partition coefficient (Wildman–Crippen LogP) is 2.49. The van der Waals surface area contributed by atoms with E-state index in [1.165, 1.54) is 14.2 Å². The van der Waals surface area contributed by atoms with Crippen molar-refractivity contribution in [1.29, 1.82) is 0 Å². The van der Waals surface area contributed by atoms with Gasteiger partial charge in [-0.1, -0.05) is 6.07 Å². The van der Waals surface area contributed by atoms with E-state index in [4.69, 9.17) is 9.47 Å². The Morgan fingerprint density at radius 1 is 1.30 bits per heavy atom. The molecule has 0 fully saturated rings. The molecule has 2 rings (SSSR count). The van der Waals surface area contributed by atoms with Crippen molar-refractivity contribution in [3.63, 3.8) is 0 Å². The van der Waals surface area contributed by atoms with E-state index in [2.05, 4.69) is 10.3 Å². The molecule has 5 nitrogen and oxygen atoms in total. The highest BCUT2D eigenvalue weighted by Crippen LogP contribution is 2.23. The number of benzene rings is 1. The van der Waals surface area contributed by atoms with Gasteiger partial charge in [-0.05, 0) is 29.8 Å². The van der Waals surface area contributed by atoms with Crippen molar-refractivity contribution in [2.75, 3.05) is 19.5 Å². The highest BCUT2D eigenvalue weighted by Gasteiger charge is 2.13. The average Bonchev–Trinajstić information content (AvgIpc) is 2.52. The number of esters is 1. The summed E-state index contributed by atoms with van der Waals surface area (Å²) in [7, 11) is 2.86. The monoisotopic (exact) mass is 272 g/mol. The molecule has 0 atom stereocenters. The molecule has 104 valence electrons. The number of nitrogens with zero attached hydrogens (tertiary/aromatic N) is 1. The van der Waals surface area contributed by atoms with E-state index in [0.29, 0.717) is 17.9 Å². The Balaban J connectivity index is 2.14. The third-order valence-electron chi connectivity index (χ3n) is 2.82. The number of nitrogens with one attached hydrogen (secondary N) is 1. The van der Waals surface area contributed by atoms with Gasteiger partial charge >= 0.3 is 5.97 Å². The van der Waals surface area contributed by atoms with Gasteiger partial charge in [-0.25, -0.2) is 4.79 Å². The first-order chi connectivity index (χ1) is 9.74. The molecule has 1 N–H and O–H groups in total. The number of hydrogen-bond acceptors (Lipinski definition) is 5. The highest BCUT2D eigenvalue weighted by atomic mass is 16.5. The molecule has 0 amide bonds. The molecule has 2 aromatic rings. The fourth-order valence-corrected chi connectivity index (χ4v) is 1.79. The first-order valence-corrected chi connectivity index (χ1v) is 6.13. The number of hydrogen-bond donors (Lipinski definition) is 1. The second-order valence-electron chi connectivity index (χ2n) is 4.12. The van der Waals surface area contributed by atoms with Crippen molar-refractivity contribution in [3.05, 3.63) is 53.9 Å². The van der Waals surface area contributed by atoms with E-state index >= 15 is 0 Å². The lowest BCUT2D eigenvalue weighted by Gasteiger charge is -2.11. The minimum absolute atomic E-state index is 0.395. The Kier molecular flexibility index (Phi) is 4.55. The summed E-state index contributed by atoms with van der Waals surface area (Å²) >= 11 is 0. The van der Waals surface area contributed by atoms with Crippen LogP contribution in [0.1, 0.15) is 15.9 Å². The number of aromatic nitrogens is 1. The quantitative estimate of drug-likeness (QED) is 0.847. The number of rotatable bonds is 5. The number of carbonyl (C=O) groups excluding carboxylic acids is 1. The third-order valence-corrected chi connectivity index (χ3v) is 2.82. The maximum Gasteiger partial charge on any atom is 0.341 e. The van der Waals surface area contributed by atoms with Gasteiger partial charge in [0.2, 0.25) is 0 Å². The molecule has 0 bridgehead atoms. The summed E-state index contributed by atoms with van der Waals surface area (Å²) in [5, 5.41) is 3.23. The van der Waals surface area contributed by atoms with Crippen molar-refractivity contribution in [2.45, 2.75) is 6.54 Å². The van der Waals surface area contributed by atoms with E-state index in [0.717, 1.165) is 11.3 Å². The van der Waals surface area contributed by atoms with Gasteiger partial charge < -0.3 is 14.8 Å². The Morgan fingerprint density at radius 3 is 2.80 bits per heavy atom. The van der Waals surface area contributed by atoms with Gasteiger partial charge in [-0.3, -0.25) is 4.98 Å². The first kappa shape index (κ1) is 13.9. The molecule has 0 aliphatic carbocycles. The second kappa shape index (κ2) is 6.56. The molecule has 0 aliphatic heterocycles. The summed E-state index contributed by atoms with van der Waals surface area (Å²) in [6.45, 7) is 0.626. The average molecular weight is 272 g/mol. The van der Waals surface area contributed by atoms with E-state index in [1.807, 2.05) is 18.2 Å². The van der Waals surface area contributed by atoms with E-state index < -0.39 is 5.97 Å². The van der Waals surface area contributed by atoms with Crippen LogP contribution in [0.3, 0.4) is 0 Å². The fourth-order valence-electron chi connectivity index (χ4n) is 1.79. The lowest BCUT2D eigenvalue weighted by molar-refractivity contribution is 0.0597. The third kappa shape index (κ3) is 3.26. The second-order valence-corrected chi connectivity index (χ2v) is 4.12. The van der Waals surface area contributed by atoms with Gasteiger partial charge in [0, 0.05) is 24.6 Å². The number of carbonyl (C=O) groups is 1. The molecule has 0 unspecified atom stereocenters. The smallest absolute Gasteiger partial charge is 0.341 e. The maximum absolute atomic E-state index is 11.7. The summed E-state index contributed by atoms with van der Waals surface area (Å²) in [5.41, 5.74) is 2.27. The van der Waals surface area contributed by atoms with Crippen molar-refractivity contribution in [2.24, 2.45) is 0 Å². The molecule has 20 heavy (non-hydrogen) atoms. The lowest BCUT2D eigenvalue weighted by Crippen LogP contribution is -2.06. The Bertz CT molecular complexity index is 585. The van der Waals surface area contributed by atoms with Gasteiger partial charge in [0.15, 0.2) is 0 Å². The number of methoxy groups -OCH3 is 2. The SMILES string of the molecule is COC(=O)c1cc(NCc2cccnc2)ccc1OC. The van der Waals surface area contributed by atoms with Crippen molar-refractivity contribution >= 4 is 11.7 Å². The minimum Gasteiger partial charge on any atom is -0.496 e. The standard InChI is InChI=1S/C15H16N2O3/c1-19-14-6-5-12(8-13(14)15(18)20-2)17-10-11-4-3-7-16-9-11/h3-9,17H,10H2,1-2H3. The Hall–Kier alpha value is -2.56. The van der Waals surface area contributed by atoms with Gasteiger partial charge in [0.05, 0.1) is 14.2 Å². The van der Waals surface area contributed by atoms with Crippen LogP contribution in [0.15, 0.2) is 42.7 Å². The molecule has 1 heterocycles. The molecule has 1 aromatic heterocycles. The zero-order valence-electron chi connectivity index (χ0n) is 11.4. The molecular formula is C15H16N2O3. The van der Waals surface area contributed by atoms with Gasteiger partial charge in [0.1, 0.15) is 11.3 Å². The van der Waals surface area contributed by atoms with Crippen LogP contribution in [0.4, 0.5) is 5.69 Å². The van der Waals surface area contributed by atoms with Crippen LogP contribution < -0.4 is 10.1 Å². The summed E-state index contributed by atoms with van der Waals surface area (Å²) in [6.07, 6.45) is 3.52. The zero-order chi connectivity index (χ0) is 14.4. The van der Waals surface area contributed by atoms with Crippen LogP contribution in [-0.2, 0) is 11.3 Å². The molecule has 0 spiro atoms. The van der Waals surface area contributed by atoms with E-state index in [-0.39, 0.29) is 0 Å². The predicted molar refractivity (Wildman–Crippen MR) is 75.9 cm³/mol. The van der Waals surface area contributed by atoms with Crippen molar-refractivity contribution in [3.8, 4) is 5.75 Å². The van der Waals surface area contributed by atoms with Crippen molar-refractivity contribution in [1.82, 2.24) is 4.98 Å². The largest absolute Gasteiger partial charge is 0.496 e. The van der Waals surface area contributed by atoms with Crippen LogP contribution in [0.5, 0.6) is 5.75 Å². The van der Waals surface area contributed by atoms with Crippen molar-refractivity contribution < 1.29 is 14.3 Å². The van der Waals surface area contributed by atoms with E-state index in [9.17, 15) is 4.79 Å². The van der Waals surface area contributed by atoms with Gasteiger partial charge in [-0.2, -0.15) is 0 Å². The summed E-state index contributed by atoms with van der Waals surface area (Å²) in [4.78, 5) is 15.7. The molecular weight excluding hydrogens is 256 g/mol. The minimum atomic E-state index is -0.424. The maximum atomic E-state index is 11.7. The number of anilines is 1. The first-order valence-electron chi connectivity index (χ1n) is 6.13. The van der Waals surface area contributed by atoms with Crippen LogP contribution in [-0.4, -0.2) is 25.2 Å². The van der Waals surface area contributed by atoms with Crippen LogP contribution >= 0.6 is 0 Å². The summed E-state index contributed by atoms with van der Waals surface area (Å²) in [6, 6.07) is 9.15. The number of pyridine rings is 1. The molecule has 0 saturated carbocycles. The van der Waals surface area contributed by atoms with Crippen LogP contribution in [0.2, 0.25) is 0 Å². The zero-order valence-corrected chi connectivity index (χ0v) is 11.4.